The van der Waals surface area contributed by atoms with Crippen LogP contribution in [0, 0.1) is 12.5 Å². The number of carbonyl (C=O) groups is 1. The number of anilines is 1. The summed E-state index contributed by atoms with van der Waals surface area (Å²) in [7, 11) is 3.32. The Morgan fingerprint density at radius 3 is 2.73 bits per heavy atom. The van der Waals surface area contributed by atoms with Crippen LogP contribution in [0.2, 0.25) is 0 Å². The molecule has 2 amide bonds. The summed E-state index contributed by atoms with van der Waals surface area (Å²) in [4.78, 5) is 12.2. The quantitative estimate of drug-likeness (QED) is 0.429. The fraction of sp³-hybridized carbons (Fsp3) is 0.273. The highest BCUT2D eigenvalue weighted by Gasteiger charge is 2.14. The summed E-state index contributed by atoms with van der Waals surface area (Å²) in [5, 5.41) is 11.3. The maximum absolute atomic E-state index is 12.2. The number of rotatable bonds is 7. The number of amides is 2. The Hall–Kier alpha value is -3.68. The fourth-order valence-corrected chi connectivity index (χ4v) is 3.18. The standard InChI is InChI=1S/C22H26N6O2/c1-5-16-7-6-8-20(24-22(29)28(4)26-23)18(16)14-30-21-10-9-17(13-15(21)2)19-11-12-27(3)25-19/h6-13,23H,5,14H2,1-4H3,(H,24,29). The second-order valence-corrected chi connectivity index (χ2v) is 6.99. The first-order valence-corrected chi connectivity index (χ1v) is 9.69. The van der Waals surface area contributed by atoms with Crippen molar-refractivity contribution in [3.8, 4) is 17.0 Å². The molecule has 156 valence electrons. The Morgan fingerprint density at radius 1 is 1.30 bits per heavy atom. The number of ether oxygens (including phenoxy) is 1. The van der Waals surface area contributed by atoms with Crippen LogP contribution in [0.4, 0.5) is 10.5 Å². The SMILES string of the molecule is CCc1cccc(NC(=O)N(C)N=N)c1COc1ccc(-c2ccn(C)n2)cc1C. The zero-order chi connectivity index (χ0) is 21.7. The van der Waals surface area contributed by atoms with E-state index in [9.17, 15) is 4.79 Å². The maximum Gasteiger partial charge on any atom is 0.343 e. The zero-order valence-corrected chi connectivity index (χ0v) is 17.6. The summed E-state index contributed by atoms with van der Waals surface area (Å²) in [6, 6.07) is 13.2. The highest BCUT2D eigenvalue weighted by Crippen LogP contribution is 2.28. The van der Waals surface area contributed by atoms with Gasteiger partial charge in [-0.25, -0.2) is 4.79 Å². The lowest BCUT2D eigenvalue weighted by molar-refractivity contribution is 0.220. The molecule has 30 heavy (non-hydrogen) atoms. The van der Waals surface area contributed by atoms with Gasteiger partial charge in [0, 0.05) is 37.1 Å². The molecule has 0 aliphatic carbocycles. The summed E-state index contributed by atoms with van der Waals surface area (Å²) in [5.74, 6) is 0.774. The first kappa shape index (κ1) is 21.0. The number of carbonyl (C=O) groups excluding carboxylic acids is 1. The van der Waals surface area contributed by atoms with Crippen molar-refractivity contribution in [2.75, 3.05) is 12.4 Å². The van der Waals surface area contributed by atoms with Crippen LogP contribution in [0.3, 0.4) is 0 Å². The van der Waals surface area contributed by atoms with Crippen molar-refractivity contribution in [3.05, 3.63) is 65.4 Å². The lowest BCUT2D eigenvalue weighted by atomic mass is 10.0. The summed E-state index contributed by atoms with van der Waals surface area (Å²) < 4.78 is 7.90. The lowest BCUT2D eigenvalue weighted by Gasteiger charge is -2.18. The predicted octanol–water partition coefficient (Wildman–Crippen LogP) is 4.95. The number of benzene rings is 2. The van der Waals surface area contributed by atoms with Crippen LogP contribution in [0.5, 0.6) is 5.75 Å². The van der Waals surface area contributed by atoms with Crippen LogP contribution in [-0.2, 0) is 20.1 Å². The second kappa shape index (κ2) is 9.21. The molecule has 0 saturated carbocycles. The van der Waals surface area contributed by atoms with Crippen LogP contribution in [0.15, 0.2) is 53.9 Å². The molecule has 0 saturated heterocycles. The average Bonchev–Trinajstić information content (AvgIpc) is 3.18. The summed E-state index contributed by atoms with van der Waals surface area (Å²) in [6.45, 7) is 4.37. The number of hydrogen-bond donors (Lipinski definition) is 2. The normalized spacial score (nSPS) is 10.5. The molecule has 0 bridgehead atoms. The van der Waals surface area contributed by atoms with E-state index in [-0.39, 0.29) is 0 Å². The molecule has 2 aromatic carbocycles. The third-order valence-electron chi connectivity index (χ3n) is 4.90. The van der Waals surface area contributed by atoms with E-state index in [4.69, 9.17) is 10.3 Å². The highest BCUT2D eigenvalue weighted by molar-refractivity contribution is 5.89. The molecule has 8 nitrogen and oxygen atoms in total. The molecule has 0 spiro atoms. The highest BCUT2D eigenvalue weighted by atomic mass is 16.5. The Kier molecular flexibility index (Phi) is 6.46. The van der Waals surface area contributed by atoms with Gasteiger partial charge in [0.15, 0.2) is 0 Å². The number of nitrogens with zero attached hydrogens (tertiary/aromatic N) is 4. The van der Waals surface area contributed by atoms with Gasteiger partial charge in [-0.1, -0.05) is 24.3 Å². The number of aromatic nitrogens is 2. The van der Waals surface area contributed by atoms with Crippen molar-refractivity contribution >= 4 is 11.7 Å². The molecule has 2 N–H and O–H groups in total. The largest absolute Gasteiger partial charge is 0.489 e. The minimum atomic E-state index is -0.476. The molecule has 0 unspecified atom stereocenters. The number of urea groups is 1. The molecule has 0 radical (unpaired) electrons. The summed E-state index contributed by atoms with van der Waals surface area (Å²) >= 11 is 0. The molecule has 0 aliphatic heterocycles. The van der Waals surface area contributed by atoms with Crippen molar-refractivity contribution in [1.82, 2.24) is 14.8 Å². The van der Waals surface area contributed by atoms with Crippen molar-refractivity contribution in [2.24, 2.45) is 12.3 Å². The minimum absolute atomic E-state index is 0.311. The Labute approximate surface area is 175 Å². The van der Waals surface area contributed by atoms with E-state index in [1.165, 1.54) is 7.05 Å². The van der Waals surface area contributed by atoms with Gasteiger partial charge in [-0.3, -0.25) is 4.68 Å². The number of nitrogens with one attached hydrogen (secondary N) is 2. The van der Waals surface area contributed by atoms with Crippen LogP contribution >= 0.6 is 0 Å². The van der Waals surface area contributed by atoms with Crippen molar-refractivity contribution in [1.29, 1.82) is 5.53 Å². The molecule has 0 atom stereocenters. The van der Waals surface area contributed by atoms with E-state index in [0.717, 1.165) is 45.1 Å². The Bertz CT molecular complexity index is 1060. The van der Waals surface area contributed by atoms with Crippen LogP contribution in [0.1, 0.15) is 23.6 Å². The van der Waals surface area contributed by atoms with Gasteiger partial charge in [-0.2, -0.15) is 15.6 Å². The molecule has 3 aromatic rings. The number of aryl methyl sites for hydroxylation is 3. The molecular weight excluding hydrogens is 380 g/mol. The van der Waals surface area contributed by atoms with E-state index >= 15 is 0 Å². The monoisotopic (exact) mass is 406 g/mol. The maximum atomic E-state index is 12.2. The summed E-state index contributed by atoms with van der Waals surface area (Å²) in [5.41, 5.74) is 12.6. The molecule has 1 heterocycles. The predicted molar refractivity (Wildman–Crippen MR) is 115 cm³/mol. The van der Waals surface area contributed by atoms with Crippen molar-refractivity contribution in [3.63, 3.8) is 0 Å². The van der Waals surface area contributed by atoms with E-state index in [2.05, 4.69) is 28.6 Å². The average molecular weight is 406 g/mol. The molecule has 3 rings (SSSR count). The Balaban J connectivity index is 1.81. The van der Waals surface area contributed by atoms with Crippen molar-refractivity contribution < 1.29 is 9.53 Å². The molecular formula is C22H26N6O2. The van der Waals surface area contributed by atoms with Gasteiger partial charge in [0.05, 0.1) is 5.69 Å². The Morgan fingerprint density at radius 2 is 2.10 bits per heavy atom. The second-order valence-electron chi connectivity index (χ2n) is 6.99. The van der Waals surface area contributed by atoms with E-state index < -0.39 is 6.03 Å². The van der Waals surface area contributed by atoms with Crippen LogP contribution in [-0.4, -0.2) is 27.9 Å². The van der Waals surface area contributed by atoms with E-state index in [1.54, 1.807) is 4.68 Å². The molecule has 0 aliphatic rings. The third kappa shape index (κ3) is 4.65. The van der Waals surface area contributed by atoms with Crippen LogP contribution < -0.4 is 10.1 Å². The van der Waals surface area contributed by atoms with Gasteiger partial charge in [0.1, 0.15) is 12.4 Å². The minimum Gasteiger partial charge on any atom is -0.489 e. The van der Waals surface area contributed by atoms with Gasteiger partial charge < -0.3 is 10.1 Å². The topological polar surface area (TPSA) is 95.6 Å². The van der Waals surface area contributed by atoms with E-state index in [1.807, 2.05) is 56.6 Å². The van der Waals surface area contributed by atoms with Crippen LogP contribution in [0.25, 0.3) is 11.3 Å². The van der Waals surface area contributed by atoms with Gasteiger partial charge in [-0.05, 0) is 54.8 Å². The molecule has 1 aromatic heterocycles. The zero-order valence-electron chi connectivity index (χ0n) is 17.6. The lowest BCUT2D eigenvalue weighted by Crippen LogP contribution is -2.27. The first-order chi connectivity index (χ1) is 14.4. The third-order valence-corrected chi connectivity index (χ3v) is 4.90. The van der Waals surface area contributed by atoms with E-state index in [0.29, 0.717) is 12.3 Å². The van der Waals surface area contributed by atoms with Gasteiger partial charge in [0.2, 0.25) is 0 Å². The summed E-state index contributed by atoms with van der Waals surface area (Å²) in [6.07, 6.45) is 2.72. The van der Waals surface area contributed by atoms with Gasteiger partial charge in [-0.15, -0.1) is 0 Å². The number of hydrogen-bond acceptors (Lipinski definition) is 5. The smallest absolute Gasteiger partial charge is 0.343 e. The molecule has 0 fully saturated rings. The van der Waals surface area contributed by atoms with Gasteiger partial charge in [0.25, 0.3) is 0 Å². The van der Waals surface area contributed by atoms with Crippen molar-refractivity contribution in [2.45, 2.75) is 26.9 Å². The first-order valence-electron chi connectivity index (χ1n) is 9.69. The van der Waals surface area contributed by atoms with Gasteiger partial charge >= 0.3 is 6.03 Å². The fourth-order valence-electron chi connectivity index (χ4n) is 3.18. The molecule has 8 heteroatoms.